The number of nitrogens with zero attached hydrogens (tertiary/aromatic N) is 1. The fourth-order valence-electron chi connectivity index (χ4n) is 1.64. The zero-order chi connectivity index (χ0) is 9.97. The van der Waals surface area contributed by atoms with Crippen LogP contribution in [0.4, 0.5) is 10.1 Å². The van der Waals surface area contributed by atoms with E-state index < -0.39 is 5.95 Å². The van der Waals surface area contributed by atoms with E-state index in [9.17, 15) is 4.39 Å². The van der Waals surface area contributed by atoms with Crippen LogP contribution in [0.5, 0.6) is 0 Å². The Hall–Kier alpha value is -1.16. The highest BCUT2D eigenvalue weighted by Gasteiger charge is 2.26. The number of aliphatic hydroxyl groups is 1. The summed E-state index contributed by atoms with van der Waals surface area (Å²) in [6, 6.07) is 3.10. The molecule has 1 aliphatic rings. The van der Waals surface area contributed by atoms with Crippen molar-refractivity contribution in [3.63, 3.8) is 0 Å². The van der Waals surface area contributed by atoms with Gasteiger partial charge in [-0.05, 0) is 24.8 Å². The average Bonchev–Trinajstić information content (AvgIpc) is 2.11. The summed E-state index contributed by atoms with van der Waals surface area (Å²) in [6.07, 6.45) is 3.00. The number of rotatable bonds is 3. The minimum Gasteiger partial charge on any atom is -0.393 e. The number of nitrogens with one attached hydrogen (secondary N) is 1. The predicted octanol–water partition coefficient (Wildman–Crippen LogP) is 1.40. The molecule has 1 saturated carbocycles. The molecule has 14 heavy (non-hydrogen) atoms. The van der Waals surface area contributed by atoms with Gasteiger partial charge in [-0.1, -0.05) is 0 Å². The van der Waals surface area contributed by atoms with Gasteiger partial charge >= 0.3 is 0 Å². The first-order valence-electron chi connectivity index (χ1n) is 4.77. The van der Waals surface area contributed by atoms with Gasteiger partial charge in [0.2, 0.25) is 5.95 Å². The third kappa shape index (κ3) is 2.20. The predicted molar refractivity (Wildman–Crippen MR) is 51.4 cm³/mol. The molecule has 0 bridgehead atoms. The largest absolute Gasteiger partial charge is 0.393 e. The first-order valence-corrected chi connectivity index (χ1v) is 4.77. The molecular weight excluding hydrogens is 183 g/mol. The molecule has 0 spiro atoms. The maximum atomic E-state index is 12.7. The molecule has 0 unspecified atom stereocenters. The van der Waals surface area contributed by atoms with Gasteiger partial charge in [0.25, 0.3) is 0 Å². The summed E-state index contributed by atoms with van der Waals surface area (Å²) in [7, 11) is 0. The molecule has 0 aliphatic heterocycles. The minimum absolute atomic E-state index is 0.129. The summed E-state index contributed by atoms with van der Waals surface area (Å²) in [5.74, 6) is 0.0462. The molecule has 0 amide bonds. The molecule has 76 valence electrons. The minimum atomic E-state index is -0.469. The van der Waals surface area contributed by atoms with Crippen molar-refractivity contribution in [3.8, 4) is 0 Å². The van der Waals surface area contributed by atoms with Gasteiger partial charge in [0.1, 0.15) is 0 Å². The maximum Gasteiger partial charge on any atom is 0.214 e. The number of hydrogen-bond acceptors (Lipinski definition) is 3. The lowest BCUT2D eigenvalue weighted by Crippen LogP contribution is -2.33. The highest BCUT2D eigenvalue weighted by atomic mass is 19.1. The van der Waals surface area contributed by atoms with Crippen LogP contribution in [-0.2, 0) is 0 Å². The number of halogens is 1. The van der Waals surface area contributed by atoms with E-state index in [1.54, 1.807) is 6.07 Å². The van der Waals surface area contributed by atoms with Gasteiger partial charge in [-0.25, -0.2) is 4.98 Å². The van der Waals surface area contributed by atoms with Crippen molar-refractivity contribution in [1.82, 2.24) is 4.98 Å². The van der Waals surface area contributed by atoms with Crippen molar-refractivity contribution < 1.29 is 9.50 Å². The van der Waals surface area contributed by atoms with Crippen LogP contribution in [0.3, 0.4) is 0 Å². The molecule has 3 nitrogen and oxygen atoms in total. The van der Waals surface area contributed by atoms with Crippen LogP contribution in [-0.4, -0.2) is 22.7 Å². The summed E-state index contributed by atoms with van der Waals surface area (Å²) in [5.41, 5.74) is 0.749. The van der Waals surface area contributed by atoms with Gasteiger partial charge in [0, 0.05) is 24.5 Å². The fraction of sp³-hybridized carbons (Fsp3) is 0.500. The van der Waals surface area contributed by atoms with Gasteiger partial charge in [-0.2, -0.15) is 4.39 Å². The molecule has 0 atom stereocenters. The van der Waals surface area contributed by atoms with E-state index in [-0.39, 0.29) is 6.10 Å². The van der Waals surface area contributed by atoms with Crippen LogP contribution in [0.25, 0.3) is 0 Å². The molecule has 2 rings (SSSR count). The molecule has 2 N–H and O–H groups in total. The van der Waals surface area contributed by atoms with Crippen molar-refractivity contribution in [3.05, 3.63) is 24.3 Å². The number of pyridine rings is 1. The second-order valence-electron chi connectivity index (χ2n) is 3.74. The lowest BCUT2D eigenvalue weighted by atomic mass is 9.82. The molecule has 0 radical (unpaired) electrons. The van der Waals surface area contributed by atoms with Crippen LogP contribution >= 0.6 is 0 Å². The van der Waals surface area contributed by atoms with Crippen molar-refractivity contribution >= 4 is 5.69 Å². The van der Waals surface area contributed by atoms with E-state index in [2.05, 4.69) is 10.3 Å². The van der Waals surface area contributed by atoms with Crippen molar-refractivity contribution in [2.45, 2.75) is 18.9 Å². The number of aromatic nitrogens is 1. The van der Waals surface area contributed by atoms with Crippen LogP contribution in [0.15, 0.2) is 18.3 Å². The molecule has 0 saturated heterocycles. The van der Waals surface area contributed by atoms with Crippen LogP contribution < -0.4 is 5.32 Å². The number of aliphatic hydroxyl groups excluding tert-OH is 1. The van der Waals surface area contributed by atoms with Crippen molar-refractivity contribution in [2.75, 3.05) is 11.9 Å². The lowest BCUT2D eigenvalue weighted by molar-refractivity contribution is 0.0487. The molecule has 1 heterocycles. The molecule has 0 aromatic carbocycles. The second kappa shape index (κ2) is 3.92. The highest BCUT2D eigenvalue weighted by Crippen LogP contribution is 2.27. The summed E-state index contributed by atoms with van der Waals surface area (Å²) in [5, 5.41) is 12.2. The lowest BCUT2D eigenvalue weighted by Gasteiger charge is -2.31. The Labute approximate surface area is 82.0 Å². The van der Waals surface area contributed by atoms with E-state index in [4.69, 9.17) is 5.11 Å². The van der Waals surface area contributed by atoms with Gasteiger partial charge < -0.3 is 10.4 Å². The maximum absolute atomic E-state index is 12.7. The van der Waals surface area contributed by atoms with Crippen LogP contribution in [0, 0.1) is 11.9 Å². The SMILES string of the molecule is OC1CC(CNc2ccnc(F)c2)C1. The normalized spacial score (nSPS) is 25.6. The van der Waals surface area contributed by atoms with E-state index in [1.807, 2.05) is 0 Å². The molecular formula is C10H13FN2O. The molecule has 1 aliphatic carbocycles. The number of anilines is 1. The summed E-state index contributed by atoms with van der Waals surface area (Å²) < 4.78 is 12.7. The van der Waals surface area contributed by atoms with Crippen molar-refractivity contribution in [2.24, 2.45) is 5.92 Å². The van der Waals surface area contributed by atoms with E-state index in [1.165, 1.54) is 12.3 Å². The molecule has 4 heteroatoms. The van der Waals surface area contributed by atoms with Gasteiger partial charge in [0.15, 0.2) is 0 Å². The van der Waals surface area contributed by atoms with Gasteiger partial charge in [0.05, 0.1) is 6.10 Å². The fourth-order valence-corrected chi connectivity index (χ4v) is 1.64. The number of hydrogen-bond donors (Lipinski definition) is 2. The Kier molecular flexibility index (Phi) is 2.63. The topological polar surface area (TPSA) is 45.1 Å². The zero-order valence-electron chi connectivity index (χ0n) is 7.78. The first kappa shape index (κ1) is 9.40. The standard InChI is InChI=1S/C10H13FN2O/c11-10-5-8(1-2-12-10)13-6-7-3-9(14)4-7/h1-2,5,7,9,14H,3-4,6H2,(H,12,13). The summed E-state index contributed by atoms with van der Waals surface area (Å²) in [4.78, 5) is 3.47. The third-order valence-corrected chi connectivity index (χ3v) is 2.53. The Morgan fingerprint density at radius 3 is 3.00 bits per heavy atom. The highest BCUT2D eigenvalue weighted by molar-refractivity contribution is 5.41. The molecule has 1 aromatic heterocycles. The van der Waals surface area contributed by atoms with Gasteiger partial charge in [-0.3, -0.25) is 0 Å². The second-order valence-corrected chi connectivity index (χ2v) is 3.74. The van der Waals surface area contributed by atoms with Gasteiger partial charge in [-0.15, -0.1) is 0 Å². The van der Waals surface area contributed by atoms with Crippen LogP contribution in [0.1, 0.15) is 12.8 Å². The Morgan fingerprint density at radius 2 is 2.36 bits per heavy atom. The van der Waals surface area contributed by atoms with Crippen molar-refractivity contribution in [1.29, 1.82) is 0 Å². The zero-order valence-corrected chi connectivity index (χ0v) is 7.78. The molecule has 1 aromatic rings. The average molecular weight is 196 g/mol. The molecule has 1 fully saturated rings. The monoisotopic (exact) mass is 196 g/mol. The third-order valence-electron chi connectivity index (χ3n) is 2.53. The smallest absolute Gasteiger partial charge is 0.214 e. The van der Waals surface area contributed by atoms with E-state index in [0.717, 1.165) is 25.1 Å². The Bertz CT molecular complexity index is 313. The van der Waals surface area contributed by atoms with E-state index in [0.29, 0.717) is 5.92 Å². The quantitative estimate of drug-likeness (QED) is 0.718. The van der Waals surface area contributed by atoms with E-state index >= 15 is 0 Å². The Balaban J connectivity index is 1.80. The summed E-state index contributed by atoms with van der Waals surface area (Å²) in [6.45, 7) is 0.792. The Morgan fingerprint density at radius 1 is 1.57 bits per heavy atom. The van der Waals surface area contributed by atoms with Crippen LogP contribution in [0.2, 0.25) is 0 Å². The summed E-state index contributed by atoms with van der Waals surface area (Å²) >= 11 is 0. The first-order chi connectivity index (χ1) is 6.74.